The third-order valence-corrected chi connectivity index (χ3v) is 5.46. The van der Waals surface area contributed by atoms with Crippen molar-refractivity contribution in [1.29, 1.82) is 0 Å². The number of hydrogen-bond donors (Lipinski definition) is 0. The van der Waals surface area contributed by atoms with Crippen LogP contribution in [0.15, 0.2) is 0 Å². The van der Waals surface area contributed by atoms with Gasteiger partial charge in [-0.25, -0.2) is 0 Å². The van der Waals surface area contributed by atoms with Crippen molar-refractivity contribution in [3.63, 3.8) is 0 Å². The predicted octanol–water partition coefficient (Wildman–Crippen LogP) is 9.61. The van der Waals surface area contributed by atoms with Crippen molar-refractivity contribution >= 4 is 0 Å². The molecule has 1 aliphatic carbocycles. The van der Waals surface area contributed by atoms with Crippen LogP contribution in [-0.4, -0.2) is 0 Å². The Labute approximate surface area is 155 Å². The molecule has 0 nitrogen and oxygen atoms in total. The van der Waals surface area contributed by atoms with Crippen LogP contribution >= 0.6 is 0 Å². The predicted molar refractivity (Wildman–Crippen MR) is 113 cm³/mol. The molecule has 0 bridgehead atoms. The van der Waals surface area contributed by atoms with E-state index >= 15 is 0 Å². The average Bonchev–Trinajstić information content (AvgIpc) is 2.58. The average molecular weight is 339 g/mol. The van der Waals surface area contributed by atoms with Gasteiger partial charge in [0.05, 0.1) is 0 Å². The highest BCUT2D eigenvalue weighted by Crippen LogP contribution is 2.16. The van der Waals surface area contributed by atoms with E-state index < -0.39 is 0 Å². The molecule has 146 valence electrons. The van der Waals surface area contributed by atoms with E-state index in [2.05, 4.69) is 13.8 Å². The highest BCUT2D eigenvalue weighted by molar-refractivity contribution is 4.51. The smallest absolute Gasteiger partial charge is 0.0533 e. The van der Waals surface area contributed by atoms with Crippen molar-refractivity contribution in [3.05, 3.63) is 0 Å². The van der Waals surface area contributed by atoms with Crippen LogP contribution in [0, 0.1) is 0 Å². The Kier molecular flexibility index (Phi) is 23.0. The maximum absolute atomic E-state index is 2.28. The Balaban J connectivity index is 0.000000441. The summed E-state index contributed by atoms with van der Waals surface area (Å²) < 4.78 is 0. The van der Waals surface area contributed by atoms with Gasteiger partial charge >= 0.3 is 0 Å². The van der Waals surface area contributed by atoms with Gasteiger partial charge in [0.1, 0.15) is 0 Å². The summed E-state index contributed by atoms with van der Waals surface area (Å²) in [5, 5.41) is 0. The van der Waals surface area contributed by atoms with E-state index in [4.69, 9.17) is 0 Å². The molecule has 0 amide bonds. The molecule has 24 heavy (non-hydrogen) atoms. The highest BCUT2D eigenvalue weighted by atomic mass is 14.0. The van der Waals surface area contributed by atoms with Crippen molar-refractivity contribution < 1.29 is 0 Å². The summed E-state index contributed by atoms with van der Waals surface area (Å²) in [5.41, 5.74) is 0. The lowest BCUT2D eigenvalue weighted by molar-refractivity contribution is 0.504. The largest absolute Gasteiger partial charge is 0.0654 e. The first kappa shape index (κ1) is 24.0. The Morgan fingerprint density at radius 2 is 0.458 bits per heavy atom. The zero-order chi connectivity index (χ0) is 17.6. The molecule has 0 spiro atoms. The molecular formula is C24H50. The second-order valence-electron chi connectivity index (χ2n) is 8.07. The number of unbranched alkanes of at least 4 members (excludes halogenated alkanes) is 9. The van der Waals surface area contributed by atoms with Crippen LogP contribution in [0.1, 0.15) is 155 Å². The number of hydrogen-bond acceptors (Lipinski definition) is 0. The Hall–Kier alpha value is 0. The summed E-state index contributed by atoms with van der Waals surface area (Å²) in [6.07, 6.45) is 32.4. The molecule has 1 fully saturated rings. The van der Waals surface area contributed by atoms with Gasteiger partial charge in [0, 0.05) is 0 Å². The highest BCUT2D eigenvalue weighted by Gasteiger charge is 1.96. The molecule has 1 aliphatic rings. The summed E-state index contributed by atoms with van der Waals surface area (Å²) in [7, 11) is 0. The molecule has 0 radical (unpaired) electrons. The molecule has 0 heterocycles. The quantitative estimate of drug-likeness (QED) is 0.367. The van der Waals surface area contributed by atoms with Crippen molar-refractivity contribution in [2.24, 2.45) is 0 Å². The minimum Gasteiger partial charge on any atom is -0.0654 e. The third kappa shape index (κ3) is 22.0. The van der Waals surface area contributed by atoms with Gasteiger partial charge in [-0.05, 0) is 0 Å². The molecule has 0 unspecified atom stereocenters. The molecule has 1 saturated carbocycles. The summed E-state index contributed by atoms with van der Waals surface area (Å²) in [6.45, 7) is 4.56. The first-order valence-corrected chi connectivity index (χ1v) is 11.9. The van der Waals surface area contributed by atoms with Crippen LogP contribution < -0.4 is 0 Å². The van der Waals surface area contributed by atoms with E-state index in [1.807, 2.05) is 0 Å². The van der Waals surface area contributed by atoms with Gasteiger partial charge in [-0.15, -0.1) is 0 Å². The second kappa shape index (κ2) is 23.0. The first-order chi connectivity index (χ1) is 11.9. The lowest BCUT2D eigenvalue weighted by Crippen LogP contribution is -1.85. The topological polar surface area (TPSA) is 0 Å². The van der Waals surface area contributed by atoms with E-state index in [1.54, 1.807) is 0 Å². The lowest BCUT2D eigenvalue weighted by atomic mass is 10.0. The van der Waals surface area contributed by atoms with Crippen LogP contribution in [0.25, 0.3) is 0 Å². The summed E-state index contributed by atoms with van der Waals surface area (Å²) in [4.78, 5) is 0. The van der Waals surface area contributed by atoms with Gasteiger partial charge < -0.3 is 0 Å². The van der Waals surface area contributed by atoms with E-state index in [0.717, 1.165) is 0 Å². The summed E-state index contributed by atoms with van der Waals surface area (Å²) >= 11 is 0. The van der Waals surface area contributed by atoms with Gasteiger partial charge in [0.15, 0.2) is 0 Å². The van der Waals surface area contributed by atoms with Crippen LogP contribution in [0.2, 0.25) is 0 Å². The molecule has 0 atom stereocenters. The van der Waals surface area contributed by atoms with Crippen molar-refractivity contribution in [1.82, 2.24) is 0 Å². The van der Waals surface area contributed by atoms with E-state index in [0.29, 0.717) is 0 Å². The fourth-order valence-corrected chi connectivity index (χ4v) is 3.68. The van der Waals surface area contributed by atoms with Gasteiger partial charge in [0.2, 0.25) is 0 Å². The lowest BCUT2D eigenvalue weighted by Gasteiger charge is -2.05. The van der Waals surface area contributed by atoms with Crippen LogP contribution in [-0.2, 0) is 0 Å². The van der Waals surface area contributed by atoms with Gasteiger partial charge in [-0.1, -0.05) is 155 Å². The third-order valence-electron chi connectivity index (χ3n) is 5.46. The molecule has 0 aromatic rings. The van der Waals surface area contributed by atoms with Crippen LogP contribution in [0.3, 0.4) is 0 Å². The van der Waals surface area contributed by atoms with Crippen LogP contribution in [0.5, 0.6) is 0 Å². The Morgan fingerprint density at radius 1 is 0.292 bits per heavy atom. The molecule has 1 rings (SSSR count). The first-order valence-electron chi connectivity index (χ1n) is 11.9. The fourth-order valence-electron chi connectivity index (χ4n) is 3.68. The van der Waals surface area contributed by atoms with Crippen molar-refractivity contribution in [3.8, 4) is 0 Å². The van der Waals surface area contributed by atoms with Gasteiger partial charge in [0.25, 0.3) is 0 Å². The van der Waals surface area contributed by atoms with E-state index in [1.165, 1.54) is 141 Å². The molecule has 0 aromatic carbocycles. The van der Waals surface area contributed by atoms with Crippen molar-refractivity contribution in [2.75, 3.05) is 0 Å². The molecule has 0 aromatic heterocycles. The SMILES string of the molecule is C1CCCCCCCCCCC1.CCCCCCCCCCCC. The van der Waals surface area contributed by atoms with Gasteiger partial charge in [-0.3, -0.25) is 0 Å². The Bertz CT molecular complexity index is 143. The zero-order valence-corrected chi connectivity index (χ0v) is 17.6. The monoisotopic (exact) mass is 338 g/mol. The van der Waals surface area contributed by atoms with E-state index in [-0.39, 0.29) is 0 Å². The number of rotatable bonds is 9. The maximum Gasteiger partial charge on any atom is -0.0533 e. The normalized spacial score (nSPS) is 17.2. The molecular weight excluding hydrogens is 288 g/mol. The summed E-state index contributed by atoms with van der Waals surface area (Å²) in [5.74, 6) is 0. The fraction of sp³-hybridized carbons (Fsp3) is 1.00. The maximum atomic E-state index is 2.28. The van der Waals surface area contributed by atoms with Crippen molar-refractivity contribution in [2.45, 2.75) is 155 Å². The minimum absolute atomic E-state index is 1.37. The van der Waals surface area contributed by atoms with E-state index in [9.17, 15) is 0 Å². The second-order valence-corrected chi connectivity index (χ2v) is 8.07. The minimum atomic E-state index is 1.37. The standard InChI is InChI=1S/C12H24.C12H26/c1-2-4-6-8-10-12-11-9-7-5-3-1;1-3-5-7-9-11-12-10-8-6-4-2/h1-12H2;3-12H2,1-2H3. The van der Waals surface area contributed by atoms with Gasteiger partial charge in [-0.2, -0.15) is 0 Å². The molecule has 0 heteroatoms. The molecule has 0 N–H and O–H groups in total. The summed E-state index contributed by atoms with van der Waals surface area (Å²) in [6, 6.07) is 0. The van der Waals surface area contributed by atoms with Crippen LogP contribution in [0.4, 0.5) is 0 Å². The zero-order valence-electron chi connectivity index (χ0n) is 17.6. The molecule has 0 saturated heterocycles. The molecule has 0 aliphatic heterocycles. The Morgan fingerprint density at radius 3 is 0.625 bits per heavy atom.